The van der Waals surface area contributed by atoms with Gasteiger partial charge in [-0.15, -0.1) is 11.8 Å². The van der Waals surface area contributed by atoms with Gasteiger partial charge in [0.1, 0.15) is 5.76 Å². The SMILES string of the molecule is Nc1ccc(SCc2ccc(Br)o2)c(Cl)c1. The van der Waals surface area contributed by atoms with Gasteiger partial charge in [-0.1, -0.05) is 11.6 Å². The summed E-state index contributed by atoms with van der Waals surface area (Å²) in [5, 5.41) is 0.677. The van der Waals surface area contributed by atoms with E-state index in [0.29, 0.717) is 10.7 Å². The molecule has 1 aromatic heterocycles. The minimum absolute atomic E-state index is 0.676. The maximum absolute atomic E-state index is 6.06. The van der Waals surface area contributed by atoms with Gasteiger partial charge < -0.3 is 10.2 Å². The van der Waals surface area contributed by atoms with E-state index in [1.807, 2.05) is 24.3 Å². The summed E-state index contributed by atoms with van der Waals surface area (Å²) < 4.78 is 6.14. The Labute approximate surface area is 111 Å². The molecule has 0 aliphatic carbocycles. The van der Waals surface area contributed by atoms with E-state index in [1.165, 1.54) is 0 Å². The average Bonchev–Trinajstić information content (AvgIpc) is 2.63. The fraction of sp³-hybridized carbons (Fsp3) is 0.0909. The Hall–Kier alpha value is -0.580. The fourth-order valence-electron chi connectivity index (χ4n) is 1.21. The lowest BCUT2D eigenvalue weighted by atomic mass is 10.3. The van der Waals surface area contributed by atoms with Crippen molar-refractivity contribution in [2.24, 2.45) is 0 Å². The molecular weight excluding hydrogens is 310 g/mol. The van der Waals surface area contributed by atoms with Crippen LogP contribution in [0.5, 0.6) is 0 Å². The first kappa shape index (κ1) is 11.9. The maximum atomic E-state index is 6.06. The summed E-state index contributed by atoms with van der Waals surface area (Å²) in [7, 11) is 0. The molecule has 0 spiro atoms. The second-order valence-electron chi connectivity index (χ2n) is 3.18. The predicted molar refractivity (Wildman–Crippen MR) is 71.8 cm³/mol. The van der Waals surface area contributed by atoms with Gasteiger partial charge in [-0.3, -0.25) is 0 Å². The molecular formula is C11H9BrClNOS. The smallest absolute Gasteiger partial charge is 0.169 e. The van der Waals surface area contributed by atoms with E-state index in [2.05, 4.69) is 15.9 Å². The highest BCUT2D eigenvalue weighted by molar-refractivity contribution is 9.10. The van der Waals surface area contributed by atoms with E-state index >= 15 is 0 Å². The predicted octanol–water partition coefficient (Wildman–Crippen LogP) is 4.57. The quantitative estimate of drug-likeness (QED) is 0.665. The van der Waals surface area contributed by atoms with Gasteiger partial charge in [0.15, 0.2) is 4.67 Å². The molecule has 0 unspecified atom stereocenters. The van der Waals surface area contributed by atoms with Crippen molar-refractivity contribution in [1.82, 2.24) is 0 Å². The van der Waals surface area contributed by atoms with Crippen molar-refractivity contribution >= 4 is 45.0 Å². The normalized spacial score (nSPS) is 10.6. The van der Waals surface area contributed by atoms with Crippen LogP contribution < -0.4 is 5.73 Å². The summed E-state index contributed by atoms with van der Waals surface area (Å²) in [5.74, 6) is 1.65. The summed E-state index contributed by atoms with van der Waals surface area (Å²) in [6, 6.07) is 9.32. The average molecular weight is 319 g/mol. The third-order valence-corrected chi connectivity index (χ3v) is 3.90. The van der Waals surface area contributed by atoms with Crippen molar-refractivity contribution in [2.75, 3.05) is 5.73 Å². The standard InChI is InChI=1S/C11H9BrClNOS/c12-11-4-2-8(15-11)6-16-10-3-1-7(14)5-9(10)13/h1-5H,6,14H2. The zero-order chi connectivity index (χ0) is 11.5. The minimum atomic E-state index is 0.676. The van der Waals surface area contributed by atoms with Crippen LogP contribution in [-0.4, -0.2) is 0 Å². The molecule has 0 aliphatic rings. The van der Waals surface area contributed by atoms with Crippen LogP contribution in [0, 0.1) is 0 Å². The second kappa shape index (κ2) is 5.17. The first-order chi connectivity index (χ1) is 7.65. The molecule has 1 aromatic carbocycles. The lowest BCUT2D eigenvalue weighted by molar-refractivity contribution is 0.507. The van der Waals surface area contributed by atoms with Gasteiger partial charge in [-0.2, -0.15) is 0 Å². The molecule has 0 saturated carbocycles. The zero-order valence-electron chi connectivity index (χ0n) is 8.24. The van der Waals surface area contributed by atoms with Crippen molar-refractivity contribution in [1.29, 1.82) is 0 Å². The van der Waals surface area contributed by atoms with Gasteiger partial charge in [0.25, 0.3) is 0 Å². The first-order valence-corrected chi connectivity index (χ1v) is 6.73. The number of halogens is 2. The highest BCUT2D eigenvalue weighted by atomic mass is 79.9. The van der Waals surface area contributed by atoms with E-state index in [0.717, 1.165) is 21.1 Å². The number of furan rings is 1. The van der Waals surface area contributed by atoms with Crippen LogP contribution in [-0.2, 0) is 5.75 Å². The van der Waals surface area contributed by atoms with Crippen molar-refractivity contribution in [3.8, 4) is 0 Å². The number of hydrogen-bond acceptors (Lipinski definition) is 3. The van der Waals surface area contributed by atoms with Gasteiger partial charge in [-0.25, -0.2) is 0 Å². The van der Waals surface area contributed by atoms with Gasteiger partial charge in [0, 0.05) is 10.6 Å². The molecule has 2 rings (SSSR count). The molecule has 0 atom stereocenters. The highest BCUT2D eigenvalue weighted by Crippen LogP contribution is 2.31. The van der Waals surface area contributed by atoms with Gasteiger partial charge >= 0.3 is 0 Å². The third kappa shape index (κ3) is 2.97. The highest BCUT2D eigenvalue weighted by Gasteiger charge is 2.04. The summed E-state index contributed by atoms with van der Waals surface area (Å²) in [6.45, 7) is 0. The molecule has 2 N–H and O–H groups in total. The number of rotatable bonds is 3. The fourth-order valence-corrected chi connectivity index (χ4v) is 2.72. The van der Waals surface area contributed by atoms with Gasteiger partial charge in [0.2, 0.25) is 0 Å². The van der Waals surface area contributed by atoms with Crippen LogP contribution in [0.25, 0.3) is 0 Å². The Morgan fingerprint density at radius 1 is 1.31 bits per heavy atom. The molecule has 2 nitrogen and oxygen atoms in total. The Bertz CT molecular complexity index is 500. The molecule has 0 saturated heterocycles. The van der Waals surface area contributed by atoms with Crippen molar-refractivity contribution in [3.63, 3.8) is 0 Å². The Kier molecular flexibility index (Phi) is 3.84. The van der Waals surface area contributed by atoms with Crippen molar-refractivity contribution in [3.05, 3.63) is 45.8 Å². The third-order valence-electron chi connectivity index (χ3n) is 1.95. The van der Waals surface area contributed by atoms with E-state index in [4.69, 9.17) is 21.8 Å². The zero-order valence-corrected chi connectivity index (χ0v) is 11.4. The summed E-state index contributed by atoms with van der Waals surface area (Å²) in [4.78, 5) is 1.00. The number of nitrogens with two attached hydrogens (primary N) is 1. The van der Waals surface area contributed by atoms with E-state index in [-0.39, 0.29) is 0 Å². The first-order valence-electron chi connectivity index (χ1n) is 4.57. The van der Waals surface area contributed by atoms with Gasteiger partial charge in [-0.05, 0) is 46.3 Å². The molecule has 1 heterocycles. The summed E-state index contributed by atoms with van der Waals surface area (Å²) >= 11 is 10.9. The topological polar surface area (TPSA) is 39.2 Å². The molecule has 84 valence electrons. The molecule has 5 heteroatoms. The molecule has 0 fully saturated rings. The maximum Gasteiger partial charge on any atom is 0.169 e. The number of hydrogen-bond donors (Lipinski definition) is 1. The van der Waals surface area contributed by atoms with Gasteiger partial charge in [0.05, 0.1) is 10.8 Å². The molecule has 0 bridgehead atoms. The van der Waals surface area contributed by atoms with Crippen molar-refractivity contribution < 1.29 is 4.42 Å². The molecule has 2 aromatic rings. The monoisotopic (exact) mass is 317 g/mol. The van der Waals surface area contributed by atoms with Crippen LogP contribution in [0.15, 0.2) is 44.3 Å². The molecule has 0 aliphatic heterocycles. The Morgan fingerprint density at radius 2 is 2.12 bits per heavy atom. The Balaban J connectivity index is 2.04. The number of benzene rings is 1. The molecule has 0 radical (unpaired) electrons. The summed E-state index contributed by atoms with van der Waals surface area (Å²) in [6.07, 6.45) is 0. The number of anilines is 1. The lowest BCUT2D eigenvalue weighted by Crippen LogP contribution is -1.85. The number of nitrogen functional groups attached to an aromatic ring is 1. The van der Waals surface area contributed by atoms with Crippen LogP contribution in [0.4, 0.5) is 5.69 Å². The van der Waals surface area contributed by atoms with Crippen LogP contribution in [0.2, 0.25) is 5.02 Å². The van der Waals surface area contributed by atoms with Crippen LogP contribution in [0.1, 0.15) is 5.76 Å². The van der Waals surface area contributed by atoms with E-state index < -0.39 is 0 Å². The molecule has 0 amide bonds. The molecule has 16 heavy (non-hydrogen) atoms. The Morgan fingerprint density at radius 3 is 2.75 bits per heavy atom. The minimum Gasteiger partial charge on any atom is -0.453 e. The summed E-state index contributed by atoms with van der Waals surface area (Å²) in [5.41, 5.74) is 6.30. The van der Waals surface area contributed by atoms with E-state index in [9.17, 15) is 0 Å². The lowest BCUT2D eigenvalue weighted by Gasteiger charge is -2.03. The largest absolute Gasteiger partial charge is 0.453 e. The van der Waals surface area contributed by atoms with Crippen molar-refractivity contribution in [2.45, 2.75) is 10.6 Å². The van der Waals surface area contributed by atoms with Crippen LogP contribution >= 0.6 is 39.3 Å². The van der Waals surface area contributed by atoms with Crippen LogP contribution in [0.3, 0.4) is 0 Å². The second-order valence-corrected chi connectivity index (χ2v) is 5.39. The van der Waals surface area contributed by atoms with E-state index in [1.54, 1.807) is 17.8 Å². The number of thioether (sulfide) groups is 1.